The Morgan fingerprint density at radius 3 is 2.83 bits per heavy atom. The van der Waals surface area contributed by atoms with Gasteiger partial charge < -0.3 is 10.1 Å². The number of halogens is 2. The molecule has 2 aromatic rings. The third kappa shape index (κ3) is 3.41. The molecule has 94 valence electrons. The molecule has 0 saturated heterocycles. The van der Waals surface area contributed by atoms with Crippen molar-refractivity contribution in [2.75, 3.05) is 12.4 Å². The predicted molar refractivity (Wildman–Crippen MR) is 75.2 cm³/mol. The lowest BCUT2D eigenvalue weighted by Crippen LogP contribution is -2.01. The Bertz CT molecular complexity index is 551. The SMILES string of the molecule is COCc1cc(Cl)nc(Nc2ccccc2Br)n1. The standard InChI is InChI=1S/C12H11BrClN3O/c1-18-7-8-6-11(14)17-12(15-8)16-10-5-3-2-4-9(10)13/h2-6H,7H2,1H3,(H,15,16,17). The zero-order valence-electron chi connectivity index (χ0n) is 9.65. The van der Waals surface area contributed by atoms with Crippen molar-refractivity contribution in [2.24, 2.45) is 0 Å². The van der Waals surface area contributed by atoms with Gasteiger partial charge in [-0.15, -0.1) is 0 Å². The van der Waals surface area contributed by atoms with E-state index >= 15 is 0 Å². The highest BCUT2D eigenvalue weighted by atomic mass is 79.9. The molecule has 6 heteroatoms. The van der Waals surface area contributed by atoms with Crippen molar-refractivity contribution in [3.05, 3.63) is 45.7 Å². The van der Waals surface area contributed by atoms with Crippen molar-refractivity contribution in [1.82, 2.24) is 9.97 Å². The summed E-state index contributed by atoms with van der Waals surface area (Å²) in [5, 5.41) is 3.48. The van der Waals surface area contributed by atoms with Crippen LogP contribution >= 0.6 is 27.5 Å². The van der Waals surface area contributed by atoms with Gasteiger partial charge in [0.2, 0.25) is 5.95 Å². The highest BCUT2D eigenvalue weighted by Gasteiger charge is 2.05. The smallest absolute Gasteiger partial charge is 0.228 e. The quantitative estimate of drug-likeness (QED) is 0.868. The molecule has 0 radical (unpaired) electrons. The zero-order chi connectivity index (χ0) is 13.0. The minimum atomic E-state index is 0.381. The molecular formula is C12H11BrClN3O. The van der Waals surface area contributed by atoms with E-state index in [0.29, 0.717) is 17.7 Å². The summed E-state index contributed by atoms with van der Waals surface area (Å²) in [5.74, 6) is 0.446. The van der Waals surface area contributed by atoms with E-state index in [0.717, 1.165) is 15.9 Å². The third-order valence-electron chi connectivity index (χ3n) is 2.16. The van der Waals surface area contributed by atoms with Crippen LogP contribution in [0.2, 0.25) is 5.15 Å². The first-order chi connectivity index (χ1) is 8.69. The second-order valence-electron chi connectivity index (χ2n) is 3.54. The monoisotopic (exact) mass is 327 g/mol. The number of benzene rings is 1. The number of nitrogens with one attached hydrogen (secondary N) is 1. The first-order valence-electron chi connectivity index (χ1n) is 5.23. The number of aromatic nitrogens is 2. The lowest BCUT2D eigenvalue weighted by atomic mass is 10.3. The molecule has 0 bridgehead atoms. The Morgan fingerprint density at radius 2 is 2.11 bits per heavy atom. The van der Waals surface area contributed by atoms with Crippen LogP contribution in [0.1, 0.15) is 5.69 Å². The molecule has 0 aliphatic heterocycles. The number of hydrogen-bond acceptors (Lipinski definition) is 4. The fourth-order valence-electron chi connectivity index (χ4n) is 1.42. The van der Waals surface area contributed by atoms with E-state index in [2.05, 4.69) is 31.2 Å². The maximum absolute atomic E-state index is 5.93. The first-order valence-corrected chi connectivity index (χ1v) is 6.40. The fraction of sp³-hybridized carbons (Fsp3) is 0.167. The Balaban J connectivity index is 2.26. The average Bonchev–Trinajstić information content (AvgIpc) is 2.32. The zero-order valence-corrected chi connectivity index (χ0v) is 12.0. The van der Waals surface area contributed by atoms with Gasteiger partial charge in [-0.1, -0.05) is 23.7 Å². The highest BCUT2D eigenvalue weighted by molar-refractivity contribution is 9.10. The summed E-state index contributed by atoms with van der Waals surface area (Å²) < 4.78 is 5.96. The summed E-state index contributed by atoms with van der Waals surface area (Å²) in [4.78, 5) is 8.43. The van der Waals surface area contributed by atoms with Crippen LogP contribution in [0.15, 0.2) is 34.8 Å². The molecule has 0 unspecified atom stereocenters. The molecule has 0 spiro atoms. The van der Waals surface area contributed by atoms with Gasteiger partial charge in [-0.25, -0.2) is 9.97 Å². The van der Waals surface area contributed by atoms with Gasteiger partial charge in [0.05, 0.1) is 18.0 Å². The second kappa shape index (κ2) is 6.13. The summed E-state index contributed by atoms with van der Waals surface area (Å²) in [7, 11) is 1.61. The van der Waals surface area contributed by atoms with Gasteiger partial charge in [-0.05, 0) is 34.1 Å². The van der Waals surface area contributed by atoms with Gasteiger partial charge in [0, 0.05) is 11.6 Å². The fourth-order valence-corrected chi connectivity index (χ4v) is 2.01. The maximum atomic E-state index is 5.93. The lowest BCUT2D eigenvalue weighted by Gasteiger charge is -2.08. The minimum Gasteiger partial charge on any atom is -0.378 e. The van der Waals surface area contributed by atoms with Crippen LogP contribution in [0.4, 0.5) is 11.6 Å². The second-order valence-corrected chi connectivity index (χ2v) is 4.79. The topological polar surface area (TPSA) is 47.0 Å². The Morgan fingerprint density at radius 1 is 1.33 bits per heavy atom. The van der Waals surface area contributed by atoms with Crippen molar-refractivity contribution in [2.45, 2.75) is 6.61 Å². The molecule has 18 heavy (non-hydrogen) atoms. The molecule has 4 nitrogen and oxygen atoms in total. The van der Waals surface area contributed by atoms with Crippen molar-refractivity contribution in [1.29, 1.82) is 0 Å². The molecule has 1 aromatic carbocycles. The predicted octanol–water partition coefficient (Wildman–Crippen LogP) is 3.78. The summed E-state index contributed by atoms with van der Waals surface area (Å²) in [5.41, 5.74) is 1.61. The van der Waals surface area contributed by atoms with Gasteiger partial charge in [-0.3, -0.25) is 0 Å². The summed E-state index contributed by atoms with van der Waals surface area (Å²) in [6, 6.07) is 9.39. The summed E-state index contributed by atoms with van der Waals surface area (Å²) >= 11 is 9.38. The van der Waals surface area contributed by atoms with Crippen LogP contribution in [0, 0.1) is 0 Å². The Hall–Kier alpha value is -1.17. The van der Waals surface area contributed by atoms with Crippen LogP contribution in [-0.4, -0.2) is 17.1 Å². The lowest BCUT2D eigenvalue weighted by molar-refractivity contribution is 0.181. The van der Waals surface area contributed by atoms with Crippen molar-refractivity contribution >= 4 is 39.2 Å². The molecule has 1 aromatic heterocycles. The number of anilines is 2. The highest BCUT2D eigenvalue weighted by Crippen LogP contribution is 2.24. The van der Waals surface area contributed by atoms with E-state index in [-0.39, 0.29) is 0 Å². The number of rotatable bonds is 4. The van der Waals surface area contributed by atoms with Crippen LogP contribution in [-0.2, 0) is 11.3 Å². The number of methoxy groups -OCH3 is 1. The molecular weight excluding hydrogens is 318 g/mol. The van der Waals surface area contributed by atoms with E-state index in [1.54, 1.807) is 13.2 Å². The number of nitrogens with zero attached hydrogens (tertiary/aromatic N) is 2. The third-order valence-corrected chi connectivity index (χ3v) is 3.05. The minimum absolute atomic E-state index is 0.381. The molecule has 0 aliphatic rings. The largest absolute Gasteiger partial charge is 0.378 e. The van der Waals surface area contributed by atoms with E-state index < -0.39 is 0 Å². The number of para-hydroxylation sites is 1. The molecule has 1 heterocycles. The van der Waals surface area contributed by atoms with Gasteiger partial charge >= 0.3 is 0 Å². The number of ether oxygens (including phenoxy) is 1. The van der Waals surface area contributed by atoms with E-state index in [1.165, 1.54) is 0 Å². The van der Waals surface area contributed by atoms with Crippen molar-refractivity contribution in [3.8, 4) is 0 Å². The van der Waals surface area contributed by atoms with Crippen LogP contribution in [0.3, 0.4) is 0 Å². The van der Waals surface area contributed by atoms with E-state index in [9.17, 15) is 0 Å². The van der Waals surface area contributed by atoms with E-state index in [4.69, 9.17) is 16.3 Å². The molecule has 0 atom stereocenters. The Kier molecular flexibility index (Phi) is 4.52. The maximum Gasteiger partial charge on any atom is 0.228 e. The summed E-state index contributed by atoms with van der Waals surface area (Å²) in [6.07, 6.45) is 0. The van der Waals surface area contributed by atoms with Gasteiger partial charge in [0.25, 0.3) is 0 Å². The van der Waals surface area contributed by atoms with Crippen molar-refractivity contribution in [3.63, 3.8) is 0 Å². The van der Waals surface area contributed by atoms with Crippen LogP contribution < -0.4 is 5.32 Å². The van der Waals surface area contributed by atoms with Gasteiger partial charge in [-0.2, -0.15) is 0 Å². The molecule has 2 rings (SSSR count). The van der Waals surface area contributed by atoms with Crippen LogP contribution in [0.5, 0.6) is 0 Å². The molecule has 0 fully saturated rings. The van der Waals surface area contributed by atoms with E-state index in [1.807, 2.05) is 24.3 Å². The normalized spacial score (nSPS) is 10.4. The van der Waals surface area contributed by atoms with Crippen molar-refractivity contribution < 1.29 is 4.74 Å². The number of hydrogen-bond donors (Lipinski definition) is 1. The molecule has 1 N–H and O–H groups in total. The van der Waals surface area contributed by atoms with Gasteiger partial charge in [0.1, 0.15) is 5.15 Å². The Labute approximate surface area is 118 Å². The molecule has 0 aliphatic carbocycles. The van der Waals surface area contributed by atoms with Crippen LogP contribution in [0.25, 0.3) is 0 Å². The van der Waals surface area contributed by atoms with Gasteiger partial charge in [0.15, 0.2) is 0 Å². The molecule has 0 amide bonds. The first kappa shape index (κ1) is 13.3. The summed E-state index contributed by atoms with van der Waals surface area (Å²) in [6.45, 7) is 0.396. The average molecular weight is 329 g/mol. The molecule has 0 saturated carbocycles.